The van der Waals surface area contributed by atoms with Crippen molar-refractivity contribution in [2.75, 3.05) is 56.2 Å². The lowest BCUT2D eigenvalue weighted by Crippen LogP contribution is -2.48. The first kappa shape index (κ1) is 46.1. The second-order valence-electron chi connectivity index (χ2n) is 15.7. The van der Waals surface area contributed by atoms with Crippen molar-refractivity contribution in [3.8, 4) is 11.5 Å². The Bertz CT molecular complexity index is 2090. The number of amides is 2. The maximum Gasteiger partial charge on any atom is 0.224 e. The number of thioether (sulfide) groups is 1. The van der Waals surface area contributed by atoms with E-state index in [1.165, 1.54) is 17.8 Å². The van der Waals surface area contributed by atoms with Crippen molar-refractivity contribution in [2.45, 2.75) is 77.7 Å². The highest BCUT2D eigenvalue weighted by Crippen LogP contribution is 2.39. The largest absolute Gasteiger partial charge is 0.508 e. The number of nitrogens with two attached hydrogens (primary N) is 1. The number of carbonyl (C=O) groups excluding carboxylic acids is 2. The van der Waals surface area contributed by atoms with Gasteiger partial charge in [0, 0.05) is 91.5 Å². The number of phenols is 2. The summed E-state index contributed by atoms with van der Waals surface area (Å²) in [7, 11) is 0. The average Bonchev–Trinajstić information content (AvgIpc) is 3.23. The fourth-order valence-corrected chi connectivity index (χ4v) is 8.46. The zero-order valence-electron chi connectivity index (χ0n) is 35.5. The Labute approximate surface area is 364 Å². The lowest BCUT2D eigenvalue weighted by Gasteiger charge is -2.35. The van der Waals surface area contributed by atoms with Gasteiger partial charge >= 0.3 is 0 Å². The maximum atomic E-state index is 13.1. The number of piperazine rings is 1. The van der Waals surface area contributed by atoms with Crippen LogP contribution in [0.25, 0.3) is 5.70 Å². The van der Waals surface area contributed by atoms with Crippen LogP contribution in [0.5, 0.6) is 11.5 Å². The first-order valence-corrected chi connectivity index (χ1v) is 21.8. The summed E-state index contributed by atoms with van der Waals surface area (Å²) in [6.45, 7) is 18.9. The number of carbonyl (C=O) groups is 2. The van der Waals surface area contributed by atoms with Crippen LogP contribution in [-0.2, 0) is 16.1 Å². The Morgan fingerprint density at radius 1 is 0.983 bits per heavy atom. The number of nitrogens with one attached hydrogen (secondary N) is 1. The second-order valence-corrected chi connectivity index (χ2v) is 17.2. The van der Waals surface area contributed by atoms with Gasteiger partial charge in [-0.25, -0.2) is 4.99 Å². The summed E-state index contributed by atoms with van der Waals surface area (Å²) in [6.07, 6.45) is 6.13. The molecule has 0 bridgehead atoms. The number of hydrogen-bond acceptors (Lipinski definition) is 10. The van der Waals surface area contributed by atoms with E-state index in [9.17, 15) is 24.9 Å². The van der Waals surface area contributed by atoms with Crippen molar-refractivity contribution in [3.05, 3.63) is 106 Å². The average molecular weight is 859 g/mol. The predicted molar refractivity (Wildman–Crippen MR) is 245 cm³/mol. The van der Waals surface area contributed by atoms with Crippen LogP contribution in [0.2, 0.25) is 5.02 Å². The van der Waals surface area contributed by atoms with Gasteiger partial charge in [0.2, 0.25) is 11.8 Å². The number of aliphatic hydroxyl groups is 1. The number of nitrogens with zero attached hydrogens (tertiary/aromatic N) is 5. The number of aliphatic imine (C=N–C) groups is 1. The molecule has 0 aliphatic carbocycles. The number of halogens is 1. The van der Waals surface area contributed by atoms with Gasteiger partial charge in [-0.1, -0.05) is 75.0 Å². The minimum atomic E-state index is -0.312. The molecular formula is C46H60ClN7O5S. The van der Waals surface area contributed by atoms with E-state index in [1.54, 1.807) is 28.0 Å². The molecule has 12 nitrogen and oxygen atoms in total. The maximum absolute atomic E-state index is 13.1. The van der Waals surface area contributed by atoms with Crippen molar-refractivity contribution >= 4 is 58.1 Å². The molecule has 0 aromatic heterocycles. The number of likely N-dealkylation sites (tertiary alicyclic amines) is 1. The van der Waals surface area contributed by atoms with Crippen LogP contribution in [0.3, 0.4) is 0 Å². The highest BCUT2D eigenvalue weighted by Gasteiger charge is 2.24. The van der Waals surface area contributed by atoms with E-state index < -0.39 is 0 Å². The zero-order chi connectivity index (χ0) is 43.5. The van der Waals surface area contributed by atoms with Gasteiger partial charge in [0.15, 0.2) is 0 Å². The lowest BCUT2D eigenvalue weighted by molar-refractivity contribution is -0.134. The first-order valence-electron chi connectivity index (χ1n) is 20.6. The van der Waals surface area contributed by atoms with E-state index in [1.807, 2.05) is 70.2 Å². The number of hydrogen-bond donors (Lipinski definition) is 5. The second kappa shape index (κ2) is 21.5. The van der Waals surface area contributed by atoms with Gasteiger partial charge in [0.25, 0.3) is 0 Å². The number of anilines is 2. The number of benzene rings is 3. The highest BCUT2D eigenvalue weighted by molar-refractivity contribution is 8.04. The minimum absolute atomic E-state index is 0.0257. The van der Waals surface area contributed by atoms with E-state index in [-0.39, 0.29) is 48.8 Å². The van der Waals surface area contributed by atoms with Crippen molar-refractivity contribution in [3.63, 3.8) is 0 Å². The number of aromatic hydroxyl groups is 2. The van der Waals surface area contributed by atoms with Crippen molar-refractivity contribution in [1.82, 2.24) is 14.7 Å². The number of piperidine rings is 1. The molecule has 14 heteroatoms. The third-order valence-electron chi connectivity index (χ3n) is 11.1. The number of amidine groups is 1. The Hall–Kier alpha value is -4.95. The summed E-state index contributed by atoms with van der Waals surface area (Å²) in [4.78, 5) is 40.1. The molecule has 0 atom stereocenters. The van der Waals surface area contributed by atoms with Crippen molar-refractivity contribution in [1.29, 1.82) is 0 Å². The number of allylic oxidation sites excluding steroid dienone is 2. The van der Waals surface area contributed by atoms with Gasteiger partial charge in [0.1, 0.15) is 29.9 Å². The molecule has 2 aliphatic rings. The summed E-state index contributed by atoms with van der Waals surface area (Å²) in [5.74, 6) is 1.48. The zero-order valence-corrected chi connectivity index (χ0v) is 37.0. The number of phenolic OH excluding ortho intramolecular Hbond substituents is 2. The Morgan fingerprint density at radius 3 is 2.28 bits per heavy atom. The van der Waals surface area contributed by atoms with Gasteiger partial charge in [-0.05, 0) is 86.1 Å². The predicted octanol–water partition coefficient (Wildman–Crippen LogP) is 8.31. The molecule has 0 unspecified atom stereocenters. The van der Waals surface area contributed by atoms with Crippen molar-refractivity contribution in [2.24, 2.45) is 16.6 Å². The molecule has 0 spiro atoms. The molecule has 3 aromatic carbocycles. The molecule has 2 heterocycles. The third-order valence-corrected chi connectivity index (χ3v) is 12.6. The van der Waals surface area contributed by atoms with Crippen LogP contribution in [0.1, 0.15) is 82.9 Å². The van der Waals surface area contributed by atoms with Crippen LogP contribution in [0, 0.1) is 5.92 Å². The van der Waals surface area contributed by atoms with E-state index in [2.05, 4.69) is 33.6 Å². The molecule has 2 fully saturated rings. The molecule has 0 saturated carbocycles. The first-order chi connectivity index (χ1) is 28.7. The van der Waals surface area contributed by atoms with E-state index >= 15 is 0 Å². The summed E-state index contributed by atoms with van der Waals surface area (Å²) in [6, 6.07) is 16.4. The Balaban J connectivity index is 1.08. The molecule has 6 N–H and O–H groups in total. The molecule has 3 aromatic rings. The van der Waals surface area contributed by atoms with Crippen LogP contribution < -0.4 is 16.0 Å². The fourth-order valence-electron chi connectivity index (χ4n) is 7.41. The highest BCUT2D eigenvalue weighted by atomic mass is 35.5. The molecule has 322 valence electrons. The van der Waals surface area contributed by atoms with Gasteiger partial charge < -0.3 is 41.1 Å². The molecule has 2 aliphatic heterocycles. The quantitative estimate of drug-likeness (QED) is 0.0411. The summed E-state index contributed by atoms with van der Waals surface area (Å²) in [5, 5.41) is 34.7. The molecule has 5 rings (SSSR count). The number of rotatable bonds is 16. The Morgan fingerprint density at radius 2 is 1.67 bits per heavy atom. The Kier molecular flexibility index (Phi) is 16.6. The van der Waals surface area contributed by atoms with Gasteiger partial charge in [-0.2, -0.15) is 0 Å². The number of aliphatic hydroxyl groups excluding tert-OH is 1. The summed E-state index contributed by atoms with van der Waals surface area (Å²) >= 11 is 8.02. The van der Waals surface area contributed by atoms with Crippen LogP contribution in [0.4, 0.5) is 11.4 Å². The summed E-state index contributed by atoms with van der Waals surface area (Å²) in [5.41, 5.74) is 10.5. The minimum Gasteiger partial charge on any atom is -0.508 e. The van der Waals surface area contributed by atoms with E-state index in [0.717, 1.165) is 43.0 Å². The van der Waals surface area contributed by atoms with Gasteiger partial charge in [0.05, 0.1) is 10.7 Å². The molecule has 2 saturated heterocycles. The lowest BCUT2D eigenvalue weighted by atomic mass is 9.97. The van der Waals surface area contributed by atoms with Gasteiger partial charge in [-0.15, -0.1) is 0 Å². The standard InChI is InChI=1S/C46H60ClN7O5S/c1-7-38(36-26-35(30(3)4)39(56)27-40(36)57)54(29-55)34-14-12-33(13-15-34)28-51-22-24-53(25-23-51)44(59)17-16-43(58)49-37-10-9-11-41(45(37)47)60-32(6)46(48)50-42(8-2)52-20-18-31(5)19-21-52/h7-15,26-27,30-31,55-57H,6,16-25,28-29H2,1-5H3,(H2,48,50)(H,49,58)/b38-7-,42-8+. The summed E-state index contributed by atoms with van der Waals surface area (Å²) < 4.78 is 0. The smallest absolute Gasteiger partial charge is 0.224 e. The van der Waals surface area contributed by atoms with Crippen molar-refractivity contribution < 1.29 is 24.9 Å². The monoisotopic (exact) mass is 857 g/mol. The molecular weight excluding hydrogens is 798 g/mol. The third kappa shape index (κ3) is 11.9. The molecule has 2 amide bonds. The molecule has 0 radical (unpaired) electrons. The van der Waals surface area contributed by atoms with E-state index in [4.69, 9.17) is 17.3 Å². The fraction of sp³-hybridized carbons (Fsp3) is 0.413. The topological polar surface area (TPSA) is 158 Å². The molecule has 60 heavy (non-hydrogen) atoms. The van der Waals surface area contributed by atoms with Gasteiger partial charge in [-0.3, -0.25) is 14.5 Å². The SMILES string of the molecule is C=C(Sc1cccc(NC(=O)CCC(=O)N2CCN(Cc3ccc(N(CO)/C(=C\C)c4cc(C(C)C)c(O)cc4O)cc3)CC2)c1Cl)/C(N)=N\C(=C/C)N1CCC(C)CC1. The normalized spacial score (nSPS) is 16.0. The van der Waals surface area contributed by atoms with Crippen LogP contribution in [0.15, 0.2) is 93.9 Å². The van der Waals surface area contributed by atoms with E-state index in [0.29, 0.717) is 81.8 Å². The van der Waals surface area contributed by atoms with Crippen LogP contribution >= 0.6 is 23.4 Å². The van der Waals surface area contributed by atoms with Crippen LogP contribution in [-0.4, -0.2) is 93.7 Å².